The smallest absolute Gasteiger partial charge is 0.140 e. The van der Waals surface area contributed by atoms with E-state index in [1.54, 1.807) is 0 Å². The van der Waals surface area contributed by atoms with Crippen molar-refractivity contribution < 1.29 is 0 Å². The SMILES string of the molecule is Cc1ccccc1-c1nc2cc(C#N)ccn2c1NC1CCCCC1. The summed E-state index contributed by atoms with van der Waals surface area (Å²) in [5.41, 5.74) is 4.77. The fraction of sp³-hybridized carbons (Fsp3) is 0.333. The zero-order valence-electron chi connectivity index (χ0n) is 14.5. The molecular formula is C21H22N4. The number of imidazole rings is 1. The molecule has 0 spiro atoms. The summed E-state index contributed by atoms with van der Waals surface area (Å²) < 4.78 is 2.08. The first kappa shape index (κ1) is 15.7. The van der Waals surface area contributed by atoms with Crippen LogP contribution >= 0.6 is 0 Å². The number of nitriles is 1. The largest absolute Gasteiger partial charge is 0.367 e. The lowest BCUT2D eigenvalue weighted by Gasteiger charge is -2.24. The lowest BCUT2D eigenvalue weighted by atomic mass is 9.95. The number of hydrogen-bond donors (Lipinski definition) is 1. The Bertz CT molecular complexity index is 942. The summed E-state index contributed by atoms with van der Waals surface area (Å²) >= 11 is 0. The van der Waals surface area contributed by atoms with E-state index in [-0.39, 0.29) is 0 Å². The Kier molecular flexibility index (Phi) is 4.15. The molecule has 1 aromatic carbocycles. The summed E-state index contributed by atoms with van der Waals surface area (Å²) in [6.45, 7) is 2.12. The van der Waals surface area contributed by atoms with Crippen LogP contribution in [0.4, 0.5) is 5.82 Å². The topological polar surface area (TPSA) is 53.1 Å². The van der Waals surface area contributed by atoms with Gasteiger partial charge in [0.15, 0.2) is 0 Å². The van der Waals surface area contributed by atoms with Crippen LogP contribution in [0.5, 0.6) is 0 Å². The highest BCUT2D eigenvalue weighted by Gasteiger charge is 2.20. The van der Waals surface area contributed by atoms with Gasteiger partial charge in [-0.2, -0.15) is 5.26 Å². The first-order chi connectivity index (χ1) is 12.3. The lowest BCUT2D eigenvalue weighted by molar-refractivity contribution is 0.462. The van der Waals surface area contributed by atoms with Crippen molar-refractivity contribution in [1.82, 2.24) is 9.38 Å². The Morgan fingerprint density at radius 3 is 2.72 bits per heavy atom. The number of aromatic nitrogens is 2. The number of hydrogen-bond acceptors (Lipinski definition) is 3. The third kappa shape index (κ3) is 2.98. The summed E-state index contributed by atoms with van der Waals surface area (Å²) in [6.07, 6.45) is 8.27. The second-order valence-electron chi connectivity index (χ2n) is 6.86. The van der Waals surface area contributed by atoms with E-state index < -0.39 is 0 Å². The zero-order chi connectivity index (χ0) is 17.2. The first-order valence-electron chi connectivity index (χ1n) is 9.01. The number of nitrogens with zero attached hydrogens (tertiary/aromatic N) is 3. The number of benzene rings is 1. The van der Waals surface area contributed by atoms with Gasteiger partial charge < -0.3 is 5.32 Å². The van der Waals surface area contributed by atoms with Crippen molar-refractivity contribution in [3.05, 3.63) is 53.7 Å². The van der Waals surface area contributed by atoms with Gasteiger partial charge in [-0.1, -0.05) is 43.5 Å². The Morgan fingerprint density at radius 2 is 1.96 bits per heavy atom. The maximum atomic E-state index is 9.19. The van der Waals surface area contributed by atoms with Gasteiger partial charge in [-0.3, -0.25) is 4.40 Å². The quantitative estimate of drug-likeness (QED) is 0.741. The van der Waals surface area contributed by atoms with Gasteiger partial charge in [0.05, 0.1) is 11.6 Å². The fourth-order valence-corrected chi connectivity index (χ4v) is 3.72. The van der Waals surface area contributed by atoms with Crippen LogP contribution < -0.4 is 5.32 Å². The molecular weight excluding hydrogens is 308 g/mol. The molecule has 0 aliphatic heterocycles. The highest BCUT2D eigenvalue weighted by molar-refractivity contribution is 5.78. The Labute approximate surface area is 148 Å². The molecule has 0 amide bonds. The third-order valence-corrected chi connectivity index (χ3v) is 5.10. The molecule has 0 bridgehead atoms. The second-order valence-corrected chi connectivity index (χ2v) is 6.86. The van der Waals surface area contributed by atoms with Crippen molar-refractivity contribution in [3.63, 3.8) is 0 Å². The van der Waals surface area contributed by atoms with Crippen molar-refractivity contribution >= 4 is 11.5 Å². The molecule has 4 nitrogen and oxygen atoms in total. The molecule has 1 aliphatic rings. The zero-order valence-corrected chi connectivity index (χ0v) is 14.5. The van der Waals surface area contributed by atoms with Crippen molar-refractivity contribution in [3.8, 4) is 17.3 Å². The van der Waals surface area contributed by atoms with Gasteiger partial charge in [-0.25, -0.2) is 4.98 Å². The summed E-state index contributed by atoms with van der Waals surface area (Å²) in [7, 11) is 0. The van der Waals surface area contributed by atoms with Gasteiger partial charge in [0.2, 0.25) is 0 Å². The molecule has 0 radical (unpaired) electrons. The Hall–Kier alpha value is -2.80. The maximum absolute atomic E-state index is 9.19. The van der Waals surface area contributed by atoms with Crippen LogP contribution in [0.2, 0.25) is 0 Å². The van der Waals surface area contributed by atoms with Crippen molar-refractivity contribution in [1.29, 1.82) is 5.26 Å². The van der Waals surface area contributed by atoms with Gasteiger partial charge in [0, 0.05) is 17.8 Å². The minimum absolute atomic E-state index is 0.493. The van der Waals surface area contributed by atoms with E-state index in [4.69, 9.17) is 4.98 Å². The van der Waals surface area contributed by atoms with E-state index in [1.165, 1.54) is 37.7 Å². The van der Waals surface area contributed by atoms with E-state index >= 15 is 0 Å². The van der Waals surface area contributed by atoms with E-state index in [1.807, 2.05) is 18.3 Å². The van der Waals surface area contributed by atoms with Gasteiger partial charge in [0.25, 0.3) is 0 Å². The highest BCUT2D eigenvalue weighted by atomic mass is 15.1. The molecule has 0 saturated heterocycles. The average molecular weight is 330 g/mol. The monoisotopic (exact) mass is 330 g/mol. The van der Waals surface area contributed by atoms with Crippen LogP contribution in [-0.4, -0.2) is 15.4 Å². The lowest BCUT2D eigenvalue weighted by Crippen LogP contribution is -2.23. The molecule has 126 valence electrons. The van der Waals surface area contributed by atoms with Crippen LogP contribution in [-0.2, 0) is 0 Å². The minimum Gasteiger partial charge on any atom is -0.367 e. The number of nitrogens with one attached hydrogen (secondary N) is 1. The van der Waals surface area contributed by atoms with Crippen LogP contribution in [0.1, 0.15) is 43.2 Å². The predicted octanol–water partition coefficient (Wildman–Crippen LogP) is 4.93. The van der Waals surface area contributed by atoms with Crippen LogP contribution in [0.3, 0.4) is 0 Å². The maximum Gasteiger partial charge on any atom is 0.140 e. The molecule has 0 atom stereocenters. The fourth-order valence-electron chi connectivity index (χ4n) is 3.72. The predicted molar refractivity (Wildman–Crippen MR) is 101 cm³/mol. The summed E-state index contributed by atoms with van der Waals surface area (Å²) in [6, 6.07) is 14.7. The first-order valence-corrected chi connectivity index (χ1v) is 9.01. The molecule has 0 unspecified atom stereocenters. The van der Waals surface area contributed by atoms with Crippen LogP contribution in [0.25, 0.3) is 16.9 Å². The van der Waals surface area contributed by atoms with E-state index in [2.05, 4.69) is 47.0 Å². The summed E-state index contributed by atoms with van der Waals surface area (Å²) in [5.74, 6) is 1.04. The van der Waals surface area contributed by atoms with Crippen LogP contribution in [0.15, 0.2) is 42.6 Å². The van der Waals surface area contributed by atoms with Crippen LogP contribution in [0, 0.1) is 18.3 Å². The minimum atomic E-state index is 0.493. The standard InChI is InChI=1S/C21H22N4/c1-15-7-5-6-10-18(15)20-21(23-17-8-3-2-4-9-17)25-12-11-16(14-22)13-19(25)24-20/h5-7,10-13,17,23H,2-4,8-9H2,1H3. The molecule has 2 heterocycles. The Balaban J connectivity index is 1.86. The molecule has 25 heavy (non-hydrogen) atoms. The van der Waals surface area contributed by atoms with Gasteiger partial charge in [-0.05, 0) is 37.5 Å². The number of fused-ring (bicyclic) bond motifs is 1. The second kappa shape index (κ2) is 6.60. The van der Waals surface area contributed by atoms with Gasteiger partial charge in [0.1, 0.15) is 17.2 Å². The number of pyridine rings is 1. The third-order valence-electron chi connectivity index (χ3n) is 5.10. The average Bonchev–Trinajstić information content (AvgIpc) is 3.00. The van der Waals surface area contributed by atoms with E-state index in [9.17, 15) is 5.26 Å². The highest BCUT2D eigenvalue weighted by Crippen LogP contribution is 2.33. The molecule has 1 N–H and O–H groups in total. The number of anilines is 1. The molecule has 1 saturated carbocycles. The molecule has 1 fully saturated rings. The van der Waals surface area contributed by atoms with Gasteiger partial charge >= 0.3 is 0 Å². The van der Waals surface area contributed by atoms with Gasteiger partial charge in [-0.15, -0.1) is 0 Å². The summed E-state index contributed by atoms with van der Waals surface area (Å²) in [5, 5.41) is 12.9. The summed E-state index contributed by atoms with van der Waals surface area (Å²) in [4.78, 5) is 4.87. The molecule has 4 rings (SSSR count). The van der Waals surface area contributed by atoms with Crippen molar-refractivity contribution in [2.45, 2.75) is 45.1 Å². The Morgan fingerprint density at radius 1 is 1.16 bits per heavy atom. The van der Waals surface area contributed by atoms with E-state index in [0.29, 0.717) is 11.6 Å². The van der Waals surface area contributed by atoms with Crippen molar-refractivity contribution in [2.75, 3.05) is 5.32 Å². The molecule has 1 aliphatic carbocycles. The van der Waals surface area contributed by atoms with E-state index in [0.717, 1.165) is 22.7 Å². The molecule has 3 aromatic rings. The normalized spacial score (nSPS) is 15.2. The molecule has 4 heteroatoms. The number of aryl methyl sites for hydroxylation is 1. The van der Waals surface area contributed by atoms with Crippen molar-refractivity contribution in [2.24, 2.45) is 0 Å². The number of rotatable bonds is 3. The molecule has 2 aromatic heterocycles.